The topological polar surface area (TPSA) is 44.7 Å². The zero-order valence-electron chi connectivity index (χ0n) is 13.9. The van der Waals surface area contributed by atoms with Gasteiger partial charge < -0.3 is 15.2 Å². The van der Waals surface area contributed by atoms with E-state index in [0.29, 0.717) is 12.0 Å². The van der Waals surface area contributed by atoms with E-state index < -0.39 is 0 Å². The molecule has 0 aliphatic heterocycles. The number of ether oxygens (including phenoxy) is 1. The molecule has 0 spiro atoms. The van der Waals surface area contributed by atoms with E-state index in [1.807, 2.05) is 0 Å². The molecule has 0 heterocycles. The van der Waals surface area contributed by atoms with Crippen molar-refractivity contribution in [1.29, 1.82) is 0 Å². The van der Waals surface area contributed by atoms with Crippen molar-refractivity contribution >= 4 is 0 Å². The zero-order valence-corrected chi connectivity index (χ0v) is 13.9. The largest absolute Gasteiger partial charge is 0.395 e. The van der Waals surface area contributed by atoms with Gasteiger partial charge in [-0.3, -0.25) is 4.90 Å². The van der Waals surface area contributed by atoms with Crippen molar-refractivity contribution in [2.24, 2.45) is 11.3 Å². The van der Waals surface area contributed by atoms with E-state index in [1.54, 1.807) is 7.11 Å². The van der Waals surface area contributed by atoms with Gasteiger partial charge in [-0.05, 0) is 37.0 Å². The minimum Gasteiger partial charge on any atom is -0.395 e. The molecule has 0 aromatic heterocycles. The van der Waals surface area contributed by atoms with Crippen molar-refractivity contribution in [3.8, 4) is 0 Å². The van der Waals surface area contributed by atoms with Gasteiger partial charge in [-0.25, -0.2) is 0 Å². The number of hydrogen-bond acceptors (Lipinski definition) is 4. The van der Waals surface area contributed by atoms with Crippen LogP contribution in [0.3, 0.4) is 0 Å². The molecule has 2 saturated carbocycles. The summed E-state index contributed by atoms with van der Waals surface area (Å²) in [5, 5.41) is 12.9. The van der Waals surface area contributed by atoms with E-state index in [-0.39, 0.29) is 0 Å². The second-order valence-electron chi connectivity index (χ2n) is 7.28. The highest BCUT2D eigenvalue weighted by Gasteiger charge is 2.39. The lowest BCUT2D eigenvalue weighted by atomic mass is 9.70. The molecule has 0 aromatic carbocycles. The second-order valence-corrected chi connectivity index (χ2v) is 7.28. The van der Waals surface area contributed by atoms with Gasteiger partial charge in [0.25, 0.3) is 0 Å². The standard InChI is InChI=1S/C17H34N2O2/c1-15-5-7-17(8-6-15,13-18-9-12-21-2)14-19(10-11-20)16-3-4-16/h15-16,18,20H,3-14H2,1-2H3. The van der Waals surface area contributed by atoms with Crippen molar-refractivity contribution in [3.63, 3.8) is 0 Å². The van der Waals surface area contributed by atoms with Crippen LogP contribution in [0.25, 0.3) is 0 Å². The quantitative estimate of drug-likeness (QED) is 0.605. The van der Waals surface area contributed by atoms with Crippen molar-refractivity contribution < 1.29 is 9.84 Å². The molecule has 0 unspecified atom stereocenters. The average Bonchev–Trinajstić information content (AvgIpc) is 3.31. The Morgan fingerprint density at radius 2 is 1.95 bits per heavy atom. The first kappa shape index (κ1) is 17.2. The monoisotopic (exact) mass is 298 g/mol. The number of aliphatic hydroxyl groups excluding tert-OH is 1. The van der Waals surface area contributed by atoms with Gasteiger partial charge >= 0.3 is 0 Å². The van der Waals surface area contributed by atoms with Crippen LogP contribution in [-0.2, 0) is 4.74 Å². The van der Waals surface area contributed by atoms with E-state index in [1.165, 1.54) is 38.5 Å². The Kier molecular flexibility index (Phi) is 6.93. The minimum atomic E-state index is 0.292. The van der Waals surface area contributed by atoms with Crippen LogP contribution in [0.4, 0.5) is 0 Å². The summed E-state index contributed by atoms with van der Waals surface area (Å²) in [6, 6.07) is 0.743. The zero-order chi connectivity index (χ0) is 15.1. The third-order valence-corrected chi connectivity index (χ3v) is 5.31. The summed E-state index contributed by atoms with van der Waals surface area (Å²) in [6.07, 6.45) is 7.99. The molecule has 21 heavy (non-hydrogen) atoms. The lowest BCUT2D eigenvalue weighted by Crippen LogP contribution is -2.48. The van der Waals surface area contributed by atoms with Crippen molar-refractivity contribution in [2.75, 3.05) is 46.5 Å². The molecule has 0 radical (unpaired) electrons. The van der Waals surface area contributed by atoms with Gasteiger partial charge in [-0.2, -0.15) is 0 Å². The third kappa shape index (κ3) is 5.51. The molecule has 2 aliphatic rings. The molecular weight excluding hydrogens is 264 g/mol. The molecular formula is C17H34N2O2. The first-order chi connectivity index (χ1) is 10.2. The Labute approximate surface area is 130 Å². The lowest BCUT2D eigenvalue weighted by molar-refractivity contribution is 0.0697. The molecule has 0 atom stereocenters. The van der Waals surface area contributed by atoms with Crippen molar-refractivity contribution in [3.05, 3.63) is 0 Å². The third-order valence-electron chi connectivity index (χ3n) is 5.31. The molecule has 4 heteroatoms. The fourth-order valence-electron chi connectivity index (χ4n) is 3.68. The fraction of sp³-hybridized carbons (Fsp3) is 1.00. The van der Waals surface area contributed by atoms with Crippen LogP contribution in [0.15, 0.2) is 0 Å². The maximum Gasteiger partial charge on any atom is 0.0587 e. The number of aliphatic hydroxyl groups is 1. The summed E-state index contributed by atoms with van der Waals surface area (Å²) in [5.74, 6) is 0.879. The highest BCUT2D eigenvalue weighted by atomic mass is 16.5. The van der Waals surface area contributed by atoms with Gasteiger partial charge in [-0.15, -0.1) is 0 Å². The van der Waals surface area contributed by atoms with Crippen molar-refractivity contribution in [1.82, 2.24) is 10.2 Å². The van der Waals surface area contributed by atoms with E-state index >= 15 is 0 Å². The molecule has 0 aromatic rings. The van der Waals surface area contributed by atoms with Crippen LogP contribution < -0.4 is 5.32 Å². The van der Waals surface area contributed by atoms with Gasteiger partial charge in [0.05, 0.1) is 13.2 Å². The summed E-state index contributed by atoms with van der Waals surface area (Å²) in [6.45, 7) is 7.50. The maximum absolute atomic E-state index is 9.34. The number of nitrogens with zero attached hydrogens (tertiary/aromatic N) is 1. The van der Waals surface area contributed by atoms with E-state index in [9.17, 15) is 5.11 Å². The highest BCUT2D eigenvalue weighted by molar-refractivity contribution is 4.93. The van der Waals surface area contributed by atoms with Gasteiger partial charge in [0.2, 0.25) is 0 Å². The second kappa shape index (κ2) is 8.47. The number of methoxy groups -OCH3 is 1. The van der Waals surface area contributed by atoms with Crippen LogP contribution in [0.2, 0.25) is 0 Å². The Balaban J connectivity index is 1.90. The first-order valence-corrected chi connectivity index (χ1v) is 8.74. The van der Waals surface area contributed by atoms with Gasteiger partial charge in [0.1, 0.15) is 0 Å². The molecule has 4 nitrogen and oxygen atoms in total. The minimum absolute atomic E-state index is 0.292. The highest BCUT2D eigenvalue weighted by Crippen LogP contribution is 2.41. The van der Waals surface area contributed by atoms with Crippen LogP contribution in [0.5, 0.6) is 0 Å². The number of rotatable bonds is 10. The van der Waals surface area contributed by atoms with Gasteiger partial charge in [0, 0.05) is 39.3 Å². The average molecular weight is 298 g/mol. The first-order valence-electron chi connectivity index (χ1n) is 8.74. The van der Waals surface area contributed by atoms with Gasteiger partial charge in [-0.1, -0.05) is 19.8 Å². The summed E-state index contributed by atoms with van der Waals surface area (Å²) < 4.78 is 5.14. The Morgan fingerprint density at radius 3 is 2.52 bits per heavy atom. The maximum atomic E-state index is 9.34. The summed E-state index contributed by atoms with van der Waals surface area (Å²) in [7, 11) is 1.76. The van der Waals surface area contributed by atoms with Crippen LogP contribution in [0, 0.1) is 11.3 Å². The summed E-state index contributed by atoms with van der Waals surface area (Å²) in [4.78, 5) is 2.55. The Bertz CT molecular complexity index is 287. The number of hydrogen-bond donors (Lipinski definition) is 2. The Morgan fingerprint density at radius 1 is 1.24 bits per heavy atom. The van der Waals surface area contributed by atoms with Crippen LogP contribution in [0.1, 0.15) is 45.4 Å². The molecule has 0 bridgehead atoms. The van der Waals surface area contributed by atoms with Gasteiger partial charge in [0.15, 0.2) is 0 Å². The van der Waals surface area contributed by atoms with E-state index in [0.717, 1.165) is 44.7 Å². The molecule has 2 N–H and O–H groups in total. The SMILES string of the molecule is COCCNCC1(CN(CCO)C2CC2)CCC(C)CC1. The van der Waals surface area contributed by atoms with E-state index in [4.69, 9.17) is 4.74 Å². The molecule has 2 aliphatic carbocycles. The number of nitrogens with one attached hydrogen (secondary N) is 1. The fourth-order valence-corrected chi connectivity index (χ4v) is 3.68. The molecule has 2 rings (SSSR count). The molecule has 2 fully saturated rings. The van der Waals surface area contributed by atoms with Crippen molar-refractivity contribution in [2.45, 2.75) is 51.5 Å². The normalized spacial score (nSPS) is 30.0. The molecule has 0 saturated heterocycles. The summed E-state index contributed by atoms with van der Waals surface area (Å²) in [5.41, 5.74) is 0.401. The molecule has 0 amide bonds. The lowest BCUT2D eigenvalue weighted by Gasteiger charge is -2.43. The van der Waals surface area contributed by atoms with Crippen LogP contribution >= 0.6 is 0 Å². The van der Waals surface area contributed by atoms with E-state index in [2.05, 4.69) is 17.1 Å². The summed E-state index contributed by atoms with van der Waals surface area (Å²) >= 11 is 0. The Hall–Kier alpha value is -0.160. The molecule has 124 valence electrons. The smallest absolute Gasteiger partial charge is 0.0587 e. The predicted molar refractivity (Wildman–Crippen MR) is 86.5 cm³/mol. The predicted octanol–water partition coefficient (Wildman–Crippen LogP) is 1.88. The van der Waals surface area contributed by atoms with Crippen LogP contribution in [-0.4, -0.2) is 62.6 Å².